The van der Waals surface area contributed by atoms with Gasteiger partial charge in [-0.15, -0.1) is 0 Å². The molecule has 0 fully saturated rings. The Balaban J connectivity index is 0.000000364. The smallest absolute Gasteiger partial charge is 0.153 e. The van der Waals surface area contributed by atoms with Gasteiger partial charge in [-0.2, -0.15) is 0 Å². The number of hydrogen-bond acceptors (Lipinski definition) is 2. The van der Waals surface area contributed by atoms with E-state index in [1.54, 1.807) is 5.16 Å². The van der Waals surface area contributed by atoms with Gasteiger partial charge in [0, 0.05) is 0 Å². The van der Waals surface area contributed by atoms with E-state index in [4.69, 9.17) is 0 Å². The molecule has 0 saturated heterocycles. The molecular weight excluding hydrogens is 178 g/mol. The van der Waals surface area contributed by atoms with Gasteiger partial charge in [0.15, 0.2) is 6.21 Å². The molecule has 0 spiro atoms. The zero-order chi connectivity index (χ0) is 10.8. The van der Waals surface area contributed by atoms with Crippen molar-refractivity contribution < 1.29 is 9.95 Å². The van der Waals surface area contributed by atoms with E-state index in [0.29, 0.717) is 6.42 Å². The SMILES string of the molecule is CC(C)=O.[O-][NH+]=CCc1ccccc1. The van der Waals surface area contributed by atoms with Crippen molar-refractivity contribution in [2.45, 2.75) is 20.3 Å². The van der Waals surface area contributed by atoms with Crippen LogP contribution in [0.2, 0.25) is 0 Å². The van der Waals surface area contributed by atoms with Gasteiger partial charge in [-0.1, -0.05) is 30.3 Å². The molecule has 0 bridgehead atoms. The normalized spacial score (nSPS) is 9.29. The molecule has 76 valence electrons. The van der Waals surface area contributed by atoms with Gasteiger partial charge >= 0.3 is 0 Å². The summed E-state index contributed by atoms with van der Waals surface area (Å²) in [6.07, 6.45) is 2.17. The van der Waals surface area contributed by atoms with Crippen LogP contribution in [-0.2, 0) is 11.2 Å². The Hall–Kier alpha value is -1.64. The van der Waals surface area contributed by atoms with Gasteiger partial charge in [0.05, 0.1) is 6.42 Å². The minimum Gasteiger partial charge on any atom is -0.626 e. The number of hydrogen-bond donors (Lipinski definition) is 1. The number of ketones is 1. The van der Waals surface area contributed by atoms with Gasteiger partial charge in [0.25, 0.3) is 0 Å². The molecule has 0 aromatic heterocycles. The maximum atomic E-state index is 9.80. The van der Waals surface area contributed by atoms with Crippen LogP contribution in [0, 0.1) is 5.21 Å². The Morgan fingerprint density at radius 3 is 2.29 bits per heavy atom. The lowest BCUT2D eigenvalue weighted by atomic mass is 10.2. The molecule has 1 rings (SSSR count). The summed E-state index contributed by atoms with van der Waals surface area (Å²) in [5.41, 5.74) is 1.14. The minimum absolute atomic E-state index is 0.167. The van der Waals surface area contributed by atoms with E-state index in [2.05, 4.69) is 0 Å². The first-order valence-corrected chi connectivity index (χ1v) is 4.37. The molecule has 3 nitrogen and oxygen atoms in total. The van der Waals surface area contributed by atoms with Gasteiger partial charge in [0.1, 0.15) is 5.78 Å². The highest BCUT2D eigenvalue weighted by atomic mass is 16.4. The molecule has 0 amide bonds. The quantitative estimate of drug-likeness (QED) is 0.422. The van der Waals surface area contributed by atoms with Crippen LogP contribution in [0.3, 0.4) is 0 Å². The van der Waals surface area contributed by atoms with Gasteiger partial charge in [0.2, 0.25) is 0 Å². The van der Waals surface area contributed by atoms with E-state index in [-0.39, 0.29) is 5.78 Å². The van der Waals surface area contributed by atoms with Crippen LogP contribution in [0.5, 0.6) is 0 Å². The topological polar surface area (TPSA) is 54.1 Å². The Kier molecular flexibility index (Phi) is 7.05. The summed E-state index contributed by atoms with van der Waals surface area (Å²) < 4.78 is 0. The molecule has 0 aliphatic rings. The van der Waals surface area contributed by atoms with Crippen molar-refractivity contribution in [1.82, 2.24) is 0 Å². The largest absolute Gasteiger partial charge is 0.626 e. The zero-order valence-corrected chi connectivity index (χ0v) is 8.49. The van der Waals surface area contributed by atoms with Crippen LogP contribution in [0.1, 0.15) is 19.4 Å². The average Bonchev–Trinajstić information content (AvgIpc) is 2.15. The van der Waals surface area contributed by atoms with Crippen molar-refractivity contribution in [3.8, 4) is 0 Å². The van der Waals surface area contributed by atoms with Crippen molar-refractivity contribution in [1.29, 1.82) is 0 Å². The first-order chi connectivity index (χ1) is 6.66. The molecule has 0 unspecified atom stereocenters. The minimum atomic E-state index is 0.167. The zero-order valence-electron chi connectivity index (χ0n) is 8.49. The molecular formula is C11H15NO2. The monoisotopic (exact) mass is 193 g/mol. The molecule has 0 aliphatic carbocycles. The number of nitrogens with one attached hydrogen (secondary N) is 1. The molecule has 0 heterocycles. The maximum absolute atomic E-state index is 9.80. The number of rotatable bonds is 2. The standard InChI is InChI=1S/C8H9NO.C3H6O/c10-9-7-6-8-4-2-1-3-5-8;1-3(2)4/h1-5,7,9H,6H2;1-2H3. The molecule has 3 heteroatoms. The molecule has 0 radical (unpaired) electrons. The fraction of sp³-hybridized carbons (Fsp3) is 0.273. The Bertz CT molecular complexity index is 277. The molecule has 1 aromatic rings. The second-order valence-electron chi connectivity index (χ2n) is 2.92. The Morgan fingerprint density at radius 2 is 1.86 bits per heavy atom. The molecule has 0 aliphatic heterocycles. The van der Waals surface area contributed by atoms with E-state index in [0.717, 1.165) is 5.56 Å². The van der Waals surface area contributed by atoms with E-state index >= 15 is 0 Å². The highest BCUT2D eigenvalue weighted by molar-refractivity contribution is 5.72. The lowest BCUT2D eigenvalue weighted by Crippen LogP contribution is -2.60. The van der Waals surface area contributed by atoms with E-state index < -0.39 is 0 Å². The first kappa shape index (κ1) is 12.4. The fourth-order valence-corrected chi connectivity index (χ4v) is 0.774. The summed E-state index contributed by atoms with van der Waals surface area (Å²) >= 11 is 0. The summed E-state index contributed by atoms with van der Waals surface area (Å²) in [5.74, 6) is 0.167. The summed E-state index contributed by atoms with van der Waals surface area (Å²) in [5, 5.41) is 11.5. The van der Waals surface area contributed by atoms with Crippen LogP contribution < -0.4 is 5.16 Å². The molecule has 1 aromatic carbocycles. The van der Waals surface area contributed by atoms with Gasteiger partial charge in [-0.05, 0) is 19.4 Å². The average molecular weight is 193 g/mol. The molecule has 0 saturated carbocycles. The third kappa shape index (κ3) is 8.46. The summed E-state index contributed by atoms with van der Waals surface area (Å²) in [4.78, 5) is 9.44. The number of carbonyl (C=O) groups is 1. The van der Waals surface area contributed by atoms with E-state index in [1.165, 1.54) is 20.1 Å². The van der Waals surface area contributed by atoms with Crippen LogP contribution in [-0.4, -0.2) is 12.0 Å². The predicted molar refractivity (Wildman–Crippen MR) is 56.9 cm³/mol. The lowest BCUT2D eigenvalue weighted by Gasteiger charge is -1.90. The van der Waals surface area contributed by atoms with E-state index in [9.17, 15) is 10.0 Å². The Morgan fingerprint density at radius 1 is 1.36 bits per heavy atom. The van der Waals surface area contributed by atoms with Crippen LogP contribution in [0.4, 0.5) is 0 Å². The van der Waals surface area contributed by atoms with Crippen molar-refractivity contribution in [3.63, 3.8) is 0 Å². The van der Waals surface area contributed by atoms with Gasteiger partial charge < -0.3 is 10.0 Å². The van der Waals surface area contributed by atoms with Gasteiger partial charge in [-0.3, -0.25) is 0 Å². The lowest BCUT2D eigenvalue weighted by molar-refractivity contribution is -0.368. The van der Waals surface area contributed by atoms with Crippen molar-refractivity contribution in [2.24, 2.45) is 0 Å². The third-order valence-electron chi connectivity index (χ3n) is 1.26. The third-order valence-corrected chi connectivity index (χ3v) is 1.26. The van der Waals surface area contributed by atoms with Crippen molar-refractivity contribution in [3.05, 3.63) is 41.1 Å². The number of carbonyl (C=O) groups excluding carboxylic acids is 1. The van der Waals surface area contributed by atoms with Gasteiger partial charge in [-0.25, -0.2) is 5.16 Å². The summed E-state index contributed by atoms with van der Waals surface area (Å²) in [6.45, 7) is 3.06. The Labute approximate surface area is 84.1 Å². The van der Waals surface area contributed by atoms with Crippen LogP contribution in [0.15, 0.2) is 30.3 Å². The molecule has 14 heavy (non-hydrogen) atoms. The highest BCUT2D eigenvalue weighted by Crippen LogP contribution is 1.95. The second kappa shape index (κ2) is 7.98. The number of Topliss-reactive ketones (excluding diaryl/α,β-unsaturated/α-hetero) is 1. The van der Waals surface area contributed by atoms with Crippen LogP contribution >= 0.6 is 0 Å². The van der Waals surface area contributed by atoms with Crippen molar-refractivity contribution in [2.75, 3.05) is 0 Å². The van der Waals surface area contributed by atoms with E-state index in [1.807, 2.05) is 30.3 Å². The fourth-order valence-electron chi connectivity index (χ4n) is 0.774. The second-order valence-corrected chi connectivity index (χ2v) is 2.92. The molecule has 1 N–H and O–H groups in total. The van der Waals surface area contributed by atoms with Crippen molar-refractivity contribution >= 4 is 12.0 Å². The summed E-state index contributed by atoms with van der Waals surface area (Å²) in [6, 6.07) is 9.82. The first-order valence-electron chi connectivity index (χ1n) is 4.37. The molecule has 0 atom stereocenters. The van der Waals surface area contributed by atoms with Crippen LogP contribution in [0.25, 0.3) is 0 Å². The summed E-state index contributed by atoms with van der Waals surface area (Å²) in [7, 11) is 0. The predicted octanol–water partition coefficient (Wildman–Crippen LogP) is 0.474. The number of benzene rings is 1. The highest BCUT2D eigenvalue weighted by Gasteiger charge is 1.86. The maximum Gasteiger partial charge on any atom is 0.153 e.